The van der Waals surface area contributed by atoms with E-state index in [1.807, 2.05) is 11.8 Å². The van der Waals surface area contributed by atoms with Gasteiger partial charge in [0.05, 0.1) is 10.5 Å². The first kappa shape index (κ1) is 21.2. The average Bonchev–Trinajstić information content (AvgIpc) is 3.28. The number of benzene rings is 1. The molecule has 1 aliphatic rings. The van der Waals surface area contributed by atoms with Gasteiger partial charge in [-0.3, -0.25) is 24.7 Å². The Labute approximate surface area is 174 Å². The van der Waals surface area contributed by atoms with Crippen LogP contribution in [0, 0.1) is 17.0 Å². The lowest BCUT2D eigenvalue weighted by Gasteiger charge is -2.17. The highest BCUT2D eigenvalue weighted by Crippen LogP contribution is 2.31. The molecule has 0 radical (unpaired) electrons. The monoisotopic (exact) mass is 411 g/mol. The van der Waals surface area contributed by atoms with Crippen molar-refractivity contribution in [1.29, 1.82) is 0 Å². The van der Waals surface area contributed by atoms with Crippen LogP contribution in [0.1, 0.15) is 45.7 Å². The number of hydrogen-bond donors (Lipinski definition) is 2. The van der Waals surface area contributed by atoms with E-state index >= 15 is 0 Å². The molecule has 1 saturated heterocycles. The summed E-state index contributed by atoms with van der Waals surface area (Å²) in [5, 5.41) is 17.0. The number of nitro groups is 1. The Bertz CT molecular complexity index is 923. The van der Waals surface area contributed by atoms with E-state index in [1.165, 1.54) is 12.3 Å². The molecule has 158 valence electrons. The summed E-state index contributed by atoms with van der Waals surface area (Å²) in [6, 6.07) is 8.06. The maximum Gasteiger partial charge on any atom is 0.293 e. The van der Waals surface area contributed by atoms with Crippen molar-refractivity contribution in [2.45, 2.75) is 26.2 Å². The van der Waals surface area contributed by atoms with Gasteiger partial charge in [-0.05, 0) is 50.5 Å². The van der Waals surface area contributed by atoms with Crippen molar-refractivity contribution in [2.75, 3.05) is 31.1 Å². The van der Waals surface area contributed by atoms with Crippen LogP contribution in [0.25, 0.3) is 0 Å². The number of rotatable bonds is 8. The number of pyridine rings is 1. The number of carbonyl (C=O) groups excluding carboxylic acids is 2. The second-order valence-corrected chi connectivity index (χ2v) is 7.21. The Morgan fingerprint density at radius 1 is 1.07 bits per heavy atom. The van der Waals surface area contributed by atoms with Crippen LogP contribution in [-0.4, -0.2) is 47.9 Å². The molecule has 1 aromatic carbocycles. The first-order valence-corrected chi connectivity index (χ1v) is 9.98. The zero-order valence-electron chi connectivity index (χ0n) is 16.9. The highest BCUT2D eigenvalue weighted by Gasteiger charge is 2.23. The van der Waals surface area contributed by atoms with Crippen LogP contribution in [0.15, 0.2) is 36.5 Å². The van der Waals surface area contributed by atoms with Crippen LogP contribution >= 0.6 is 0 Å². The molecule has 1 fully saturated rings. The minimum Gasteiger partial charge on any atom is -0.366 e. The molecule has 0 atom stereocenters. The summed E-state index contributed by atoms with van der Waals surface area (Å²) in [7, 11) is 0. The largest absolute Gasteiger partial charge is 0.366 e. The van der Waals surface area contributed by atoms with Gasteiger partial charge in [-0.25, -0.2) is 0 Å². The van der Waals surface area contributed by atoms with E-state index in [0.29, 0.717) is 30.8 Å². The fraction of sp³-hybridized carbons (Fsp3) is 0.381. The Balaban J connectivity index is 1.48. The molecule has 9 nitrogen and oxygen atoms in total. The Morgan fingerprint density at radius 3 is 2.30 bits per heavy atom. The molecule has 1 aliphatic heterocycles. The fourth-order valence-electron chi connectivity index (χ4n) is 3.33. The van der Waals surface area contributed by atoms with Crippen molar-refractivity contribution < 1.29 is 14.5 Å². The fourth-order valence-corrected chi connectivity index (χ4v) is 3.33. The molecule has 2 heterocycles. The van der Waals surface area contributed by atoms with E-state index in [9.17, 15) is 19.7 Å². The number of nitrogens with one attached hydrogen (secondary N) is 2. The number of nitro benzene ring substituents is 1. The summed E-state index contributed by atoms with van der Waals surface area (Å²) in [4.78, 5) is 41.4. The van der Waals surface area contributed by atoms with Crippen LogP contribution in [0.4, 0.5) is 11.4 Å². The van der Waals surface area contributed by atoms with Gasteiger partial charge < -0.3 is 15.5 Å². The number of amides is 2. The van der Waals surface area contributed by atoms with Crippen LogP contribution < -0.4 is 15.5 Å². The van der Waals surface area contributed by atoms with Gasteiger partial charge >= 0.3 is 0 Å². The molecular formula is C21H25N5O4. The van der Waals surface area contributed by atoms with Gasteiger partial charge in [0.25, 0.3) is 17.5 Å². The molecule has 0 spiro atoms. The zero-order valence-corrected chi connectivity index (χ0v) is 16.9. The first-order valence-electron chi connectivity index (χ1n) is 9.98. The van der Waals surface area contributed by atoms with Gasteiger partial charge in [0, 0.05) is 49.7 Å². The van der Waals surface area contributed by atoms with Gasteiger partial charge in [-0.1, -0.05) is 0 Å². The second kappa shape index (κ2) is 9.82. The molecule has 9 heteroatoms. The summed E-state index contributed by atoms with van der Waals surface area (Å²) in [5.74, 6) is -0.595. The molecular weight excluding hydrogens is 386 g/mol. The smallest absolute Gasteiger partial charge is 0.293 e. The number of nitrogens with zero attached hydrogens (tertiary/aromatic N) is 3. The minimum absolute atomic E-state index is 0.0523. The van der Waals surface area contributed by atoms with Crippen molar-refractivity contribution >= 4 is 23.2 Å². The predicted molar refractivity (Wildman–Crippen MR) is 113 cm³/mol. The first-order chi connectivity index (χ1) is 14.5. The highest BCUT2D eigenvalue weighted by molar-refractivity contribution is 5.96. The lowest BCUT2D eigenvalue weighted by molar-refractivity contribution is -0.384. The summed E-state index contributed by atoms with van der Waals surface area (Å²) in [6.45, 7) is 4.15. The van der Waals surface area contributed by atoms with Crippen LogP contribution in [0.3, 0.4) is 0 Å². The summed E-state index contributed by atoms with van der Waals surface area (Å²) < 4.78 is 0. The third-order valence-electron chi connectivity index (χ3n) is 4.98. The topological polar surface area (TPSA) is 117 Å². The van der Waals surface area contributed by atoms with Gasteiger partial charge in [0.2, 0.25) is 0 Å². The van der Waals surface area contributed by atoms with Gasteiger partial charge in [0.1, 0.15) is 5.69 Å². The SMILES string of the molecule is Cc1ccc(C(=O)NCCCNC(=O)c2ccc(N3CCCC3)c([N+](=O)[O-])c2)cn1. The zero-order chi connectivity index (χ0) is 21.5. The van der Waals surface area contributed by atoms with Gasteiger partial charge in [-0.15, -0.1) is 0 Å². The Morgan fingerprint density at radius 2 is 1.70 bits per heavy atom. The average molecular weight is 411 g/mol. The molecule has 0 saturated carbocycles. The maximum absolute atomic E-state index is 12.4. The van der Waals surface area contributed by atoms with Crippen molar-refractivity contribution in [1.82, 2.24) is 15.6 Å². The van der Waals surface area contributed by atoms with Crippen LogP contribution in [0.5, 0.6) is 0 Å². The van der Waals surface area contributed by atoms with E-state index < -0.39 is 4.92 Å². The van der Waals surface area contributed by atoms with Crippen molar-refractivity contribution in [2.24, 2.45) is 0 Å². The molecule has 2 amide bonds. The summed E-state index contributed by atoms with van der Waals surface area (Å²) in [5.41, 5.74) is 2.07. The van der Waals surface area contributed by atoms with E-state index in [4.69, 9.17) is 0 Å². The van der Waals surface area contributed by atoms with Gasteiger partial charge in [0.15, 0.2) is 0 Å². The Kier molecular flexibility index (Phi) is 6.95. The Hall–Kier alpha value is -3.49. The molecule has 0 unspecified atom stereocenters. The predicted octanol–water partition coefficient (Wildman–Crippen LogP) is 2.45. The lowest BCUT2D eigenvalue weighted by Crippen LogP contribution is -2.30. The number of hydrogen-bond acceptors (Lipinski definition) is 6. The molecule has 0 bridgehead atoms. The minimum atomic E-state index is -0.445. The summed E-state index contributed by atoms with van der Waals surface area (Å²) in [6.07, 6.45) is 4.07. The number of anilines is 1. The molecule has 1 aromatic heterocycles. The van der Waals surface area contributed by atoms with Crippen molar-refractivity contribution in [3.8, 4) is 0 Å². The highest BCUT2D eigenvalue weighted by atomic mass is 16.6. The normalized spacial score (nSPS) is 13.2. The molecule has 2 N–H and O–H groups in total. The molecule has 0 aliphatic carbocycles. The summed E-state index contributed by atoms with van der Waals surface area (Å²) >= 11 is 0. The van der Waals surface area contributed by atoms with E-state index in [2.05, 4.69) is 15.6 Å². The number of aryl methyl sites for hydroxylation is 1. The molecule has 3 rings (SSSR count). The van der Waals surface area contributed by atoms with Crippen molar-refractivity contribution in [3.63, 3.8) is 0 Å². The molecule has 2 aromatic rings. The second-order valence-electron chi connectivity index (χ2n) is 7.21. The standard InChI is InChI=1S/C21H25N5O4/c1-15-5-6-17(14-24-15)21(28)23-10-4-9-22-20(27)16-7-8-18(19(13-16)26(29)30)25-11-2-3-12-25/h5-8,13-14H,2-4,9-12H2,1H3,(H,22,27)(H,23,28). The van der Waals surface area contributed by atoms with E-state index in [-0.39, 0.29) is 23.1 Å². The van der Waals surface area contributed by atoms with Gasteiger partial charge in [-0.2, -0.15) is 0 Å². The lowest BCUT2D eigenvalue weighted by atomic mass is 10.1. The van der Waals surface area contributed by atoms with Crippen LogP contribution in [0.2, 0.25) is 0 Å². The van der Waals surface area contributed by atoms with E-state index in [1.54, 1.807) is 24.3 Å². The maximum atomic E-state index is 12.4. The van der Waals surface area contributed by atoms with Crippen LogP contribution in [-0.2, 0) is 0 Å². The quantitative estimate of drug-likeness (QED) is 0.391. The molecule has 30 heavy (non-hydrogen) atoms. The third kappa shape index (κ3) is 5.31. The number of aromatic nitrogens is 1. The third-order valence-corrected chi connectivity index (χ3v) is 4.98. The number of carbonyl (C=O) groups is 2. The van der Waals surface area contributed by atoms with Crippen molar-refractivity contribution in [3.05, 3.63) is 63.5 Å². The van der Waals surface area contributed by atoms with E-state index in [0.717, 1.165) is 31.6 Å².